The monoisotopic (exact) mass is 363 g/mol. The molecule has 1 aliphatic rings. The molecule has 0 aliphatic carbocycles. The van der Waals surface area contributed by atoms with E-state index < -0.39 is 11.7 Å². The van der Waals surface area contributed by atoms with Crippen LogP contribution < -0.4 is 5.32 Å². The van der Waals surface area contributed by atoms with Gasteiger partial charge in [-0.2, -0.15) is 18.3 Å². The van der Waals surface area contributed by atoms with Crippen molar-refractivity contribution < 1.29 is 13.2 Å². The summed E-state index contributed by atoms with van der Waals surface area (Å²) in [6, 6.07) is 12.6. The van der Waals surface area contributed by atoms with E-state index in [0.29, 0.717) is 23.7 Å². The van der Waals surface area contributed by atoms with E-state index in [1.807, 2.05) is 0 Å². The first-order chi connectivity index (χ1) is 11.9. The molecule has 0 fully saturated rings. The zero-order valence-electron chi connectivity index (χ0n) is 12.9. The van der Waals surface area contributed by atoms with Gasteiger partial charge in [0.2, 0.25) is 0 Å². The molecule has 0 radical (unpaired) electrons. The summed E-state index contributed by atoms with van der Waals surface area (Å²) in [5.41, 5.74) is 1.33. The van der Waals surface area contributed by atoms with E-state index in [-0.39, 0.29) is 5.56 Å². The van der Waals surface area contributed by atoms with Crippen LogP contribution in [-0.4, -0.2) is 16.3 Å². The van der Waals surface area contributed by atoms with Gasteiger partial charge in [0.25, 0.3) is 0 Å². The van der Waals surface area contributed by atoms with E-state index >= 15 is 0 Å². The fraction of sp³-hybridized carbons (Fsp3) is 0.167. The summed E-state index contributed by atoms with van der Waals surface area (Å²) in [5, 5.41) is 8.29. The summed E-state index contributed by atoms with van der Waals surface area (Å²) in [7, 11) is 0. The molecule has 0 unspecified atom stereocenters. The standard InChI is InChI=1S/C18H13ClF3N3/c19-11-5-7-12(8-6-11)25-17-14(9-10-23-17)16(24-25)13-3-1-2-4-15(13)18(20,21)22/h1-8,23H,9-10H2. The zero-order chi connectivity index (χ0) is 17.6. The third-order valence-electron chi connectivity index (χ3n) is 4.21. The minimum Gasteiger partial charge on any atom is -0.369 e. The quantitative estimate of drug-likeness (QED) is 0.680. The first kappa shape index (κ1) is 16.0. The first-order valence-electron chi connectivity index (χ1n) is 7.73. The van der Waals surface area contributed by atoms with Gasteiger partial charge < -0.3 is 5.32 Å². The number of benzene rings is 2. The van der Waals surface area contributed by atoms with Gasteiger partial charge in [0.05, 0.1) is 16.9 Å². The Balaban J connectivity index is 1.91. The predicted octanol–water partition coefficient (Wildman–Crippen LogP) is 5.18. The molecular weight excluding hydrogens is 351 g/mol. The lowest BCUT2D eigenvalue weighted by atomic mass is 10.0. The van der Waals surface area contributed by atoms with Gasteiger partial charge in [-0.25, -0.2) is 4.68 Å². The van der Waals surface area contributed by atoms with E-state index in [0.717, 1.165) is 23.1 Å². The molecule has 0 amide bonds. The molecule has 25 heavy (non-hydrogen) atoms. The molecule has 128 valence electrons. The van der Waals surface area contributed by atoms with Crippen molar-refractivity contribution in [2.75, 3.05) is 11.9 Å². The zero-order valence-corrected chi connectivity index (χ0v) is 13.7. The third-order valence-corrected chi connectivity index (χ3v) is 4.46. The number of alkyl halides is 3. The van der Waals surface area contributed by atoms with E-state index in [1.165, 1.54) is 12.1 Å². The molecule has 0 saturated carbocycles. The molecule has 0 spiro atoms. The summed E-state index contributed by atoms with van der Waals surface area (Å²) in [4.78, 5) is 0. The van der Waals surface area contributed by atoms with Gasteiger partial charge in [-0.1, -0.05) is 29.8 Å². The lowest BCUT2D eigenvalue weighted by Crippen LogP contribution is -2.08. The molecule has 0 bridgehead atoms. The van der Waals surface area contributed by atoms with Crippen molar-refractivity contribution >= 4 is 17.4 Å². The van der Waals surface area contributed by atoms with Crippen molar-refractivity contribution in [2.45, 2.75) is 12.6 Å². The highest BCUT2D eigenvalue weighted by Crippen LogP contribution is 2.41. The Bertz CT molecular complexity index is 930. The maximum Gasteiger partial charge on any atom is 0.417 e. The lowest BCUT2D eigenvalue weighted by Gasteiger charge is -2.11. The molecule has 7 heteroatoms. The van der Waals surface area contributed by atoms with Crippen molar-refractivity contribution in [2.24, 2.45) is 0 Å². The fourth-order valence-electron chi connectivity index (χ4n) is 3.10. The van der Waals surface area contributed by atoms with Crippen LogP contribution in [0.15, 0.2) is 48.5 Å². The van der Waals surface area contributed by atoms with Gasteiger partial charge in [-0.3, -0.25) is 0 Å². The number of hydrogen-bond acceptors (Lipinski definition) is 2. The minimum absolute atomic E-state index is 0.0997. The Morgan fingerprint density at radius 2 is 1.76 bits per heavy atom. The molecule has 3 aromatic rings. The van der Waals surface area contributed by atoms with Crippen LogP contribution in [0, 0.1) is 0 Å². The van der Waals surface area contributed by atoms with Gasteiger partial charge >= 0.3 is 6.18 Å². The van der Waals surface area contributed by atoms with Gasteiger partial charge in [0, 0.05) is 22.7 Å². The van der Waals surface area contributed by atoms with Gasteiger partial charge in [-0.05, 0) is 36.8 Å². The van der Waals surface area contributed by atoms with Crippen LogP contribution in [0.2, 0.25) is 5.02 Å². The molecule has 2 aromatic carbocycles. The molecule has 0 atom stereocenters. The van der Waals surface area contributed by atoms with Crippen LogP contribution in [0.1, 0.15) is 11.1 Å². The Morgan fingerprint density at radius 1 is 1.04 bits per heavy atom. The van der Waals surface area contributed by atoms with Crippen LogP contribution in [0.25, 0.3) is 16.9 Å². The van der Waals surface area contributed by atoms with Crippen LogP contribution >= 0.6 is 11.6 Å². The molecule has 1 aromatic heterocycles. The maximum atomic E-state index is 13.4. The highest BCUT2D eigenvalue weighted by molar-refractivity contribution is 6.30. The number of aromatic nitrogens is 2. The van der Waals surface area contributed by atoms with Crippen molar-refractivity contribution in [3.63, 3.8) is 0 Å². The number of nitrogens with zero attached hydrogens (tertiary/aromatic N) is 2. The van der Waals surface area contributed by atoms with Crippen molar-refractivity contribution in [1.29, 1.82) is 0 Å². The molecule has 1 N–H and O–H groups in total. The average Bonchev–Trinajstić information content (AvgIpc) is 3.17. The molecular formula is C18H13ClF3N3. The van der Waals surface area contributed by atoms with E-state index in [1.54, 1.807) is 35.0 Å². The second kappa shape index (κ2) is 5.81. The largest absolute Gasteiger partial charge is 0.417 e. The van der Waals surface area contributed by atoms with E-state index in [4.69, 9.17) is 11.6 Å². The van der Waals surface area contributed by atoms with E-state index in [9.17, 15) is 13.2 Å². The Kier molecular flexibility index (Phi) is 3.72. The fourth-order valence-corrected chi connectivity index (χ4v) is 3.22. The SMILES string of the molecule is FC(F)(F)c1ccccc1-c1nn(-c2ccc(Cl)cc2)c2c1CCN2. The van der Waals surface area contributed by atoms with Gasteiger partial charge in [-0.15, -0.1) is 0 Å². The number of rotatable bonds is 2. The van der Waals surface area contributed by atoms with E-state index in [2.05, 4.69) is 10.4 Å². The Labute approximate surface area is 147 Å². The summed E-state index contributed by atoms with van der Waals surface area (Å²) in [5.74, 6) is 0.731. The first-order valence-corrected chi connectivity index (χ1v) is 8.11. The summed E-state index contributed by atoms with van der Waals surface area (Å²) in [6.45, 7) is 0.669. The normalized spacial score (nSPS) is 13.6. The summed E-state index contributed by atoms with van der Waals surface area (Å²) >= 11 is 5.92. The number of fused-ring (bicyclic) bond motifs is 1. The second-order valence-corrected chi connectivity index (χ2v) is 6.22. The second-order valence-electron chi connectivity index (χ2n) is 5.78. The molecule has 4 rings (SSSR count). The third kappa shape index (κ3) is 2.76. The molecule has 1 aliphatic heterocycles. The maximum absolute atomic E-state index is 13.4. The topological polar surface area (TPSA) is 29.9 Å². The number of anilines is 1. The number of hydrogen-bond donors (Lipinski definition) is 1. The Hall–Kier alpha value is -2.47. The number of nitrogens with one attached hydrogen (secondary N) is 1. The van der Waals surface area contributed by atoms with Crippen molar-refractivity contribution in [1.82, 2.24) is 9.78 Å². The molecule has 0 saturated heterocycles. The van der Waals surface area contributed by atoms with Gasteiger partial charge in [0.1, 0.15) is 5.82 Å². The molecule has 3 nitrogen and oxygen atoms in total. The Morgan fingerprint density at radius 3 is 2.48 bits per heavy atom. The lowest BCUT2D eigenvalue weighted by molar-refractivity contribution is -0.137. The highest BCUT2D eigenvalue weighted by Gasteiger charge is 2.35. The average molecular weight is 364 g/mol. The van der Waals surface area contributed by atoms with Crippen molar-refractivity contribution in [3.8, 4) is 16.9 Å². The summed E-state index contributed by atoms with van der Waals surface area (Å²) < 4.78 is 41.8. The number of halogens is 4. The van der Waals surface area contributed by atoms with Gasteiger partial charge in [0.15, 0.2) is 0 Å². The highest BCUT2D eigenvalue weighted by atomic mass is 35.5. The smallest absolute Gasteiger partial charge is 0.369 e. The van der Waals surface area contributed by atoms with Crippen LogP contribution in [-0.2, 0) is 12.6 Å². The van der Waals surface area contributed by atoms with Crippen molar-refractivity contribution in [3.05, 3.63) is 64.7 Å². The predicted molar refractivity (Wildman–Crippen MR) is 91.2 cm³/mol. The summed E-state index contributed by atoms with van der Waals surface area (Å²) in [6.07, 6.45) is -3.80. The van der Waals surface area contributed by atoms with Crippen LogP contribution in [0.4, 0.5) is 19.0 Å². The van der Waals surface area contributed by atoms with Crippen LogP contribution in [0.5, 0.6) is 0 Å². The van der Waals surface area contributed by atoms with Crippen LogP contribution in [0.3, 0.4) is 0 Å². The minimum atomic E-state index is -4.43. The molecule has 2 heterocycles.